The number of aromatic amines is 1. The fourth-order valence-corrected chi connectivity index (χ4v) is 3.68. The number of hydrogen-bond acceptors (Lipinski definition) is 5. The lowest BCUT2D eigenvalue weighted by Crippen LogP contribution is -2.40. The summed E-state index contributed by atoms with van der Waals surface area (Å²) in [5, 5.41) is 10.2. The summed E-state index contributed by atoms with van der Waals surface area (Å²) in [5.41, 5.74) is 0.886. The molecule has 2 heterocycles. The Labute approximate surface area is 171 Å². The Balaban J connectivity index is 1.60. The molecule has 0 spiro atoms. The number of likely N-dealkylation sites (tertiary alicyclic amines) is 1. The summed E-state index contributed by atoms with van der Waals surface area (Å²) in [7, 11) is 1.61. The molecular weight excluding hydrogens is 370 g/mol. The van der Waals surface area contributed by atoms with Crippen molar-refractivity contribution < 1.29 is 14.3 Å². The van der Waals surface area contributed by atoms with Crippen LogP contribution in [0.4, 0.5) is 0 Å². The van der Waals surface area contributed by atoms with E-state index >= 15 is 0 Å². The molecule has 1 aliphatic rings. The smallest absolute Gasteiger partial charge is 0.224 e. The zero-order valence-electron chi connectivity index (χ0n) is 17.3. The van der Waals surface area contributed by atoms with Gasteiger partial charge in [0.2, 0.25) is 11.8 Å². The molecule has 0 saturated carbocycles. The summed E-state index contributed by atoms with van der Waals surface area (Å²) in [6.07, 6.45) is 2.76. The van der Waals surface area contributed by atoms with Crippen LogP contribution in [0, 0.1) is 0 Å². The van der Waals surface area contributed by atoms with Crippen LogP contribution in [-0.2, 0) is 16.0 Å². The van der Waals surface area contributed by atoms with E-state index in [2.05, 4.69) is 20.5 Å². The maximum atomic E-state index is 12.9. The molecule has 156 valence electrons. The lowest BCUT2D eigenvalue weighted by molar-refractivity contribution is -0.133. The number of nitrogens with one attached hydrogen (secondary N) is 2. The fourth-order valence-electron chi connectivity index (χ4n) is 3.68. The quantitative estimate of drug-likeness (QED) is 0.744. The van der Waals surface area contributed by atoms with Crippen molar-refractivity contribution in [3.05, 3.63) is 41.5 Å². The van der Waals surface area contributed by atoms with Crippen molar-refractivity contribution in [1.29, 1.82) is 0 Å². The van der Waals surface area contributed by atoms with Gasteiger partial charge in [0.15, 0.2) is 5.82 Å². The van der Waals surface area contributed by atoms with Gasteiger partial charge in [-0.2, -0.15) is 5.10 Å². The zero-order valence-corrected chi connectivity index (χ0v) is 17.3. The van der Waals surface area contributed by atoms with Crippen LogP contribution in [-0.4, -0.2) is 52.1 Å². The maximum absolute atomic E-state index is 12.9. The number of carbonyl (C=O) groups is 2. The lowest BCUT2D eigenvalue weighted by Gasteiger charge is -2.32. The molecule has 0 radical (unpaired) electrons. The summed E-state index contributed by atoms with van der Waals surface area (Å²) in [6, 6.07) is 7.08. The molecule has 1 aromatic carbocycles. The molecule has 1 aliphatic heterocycles. The molecule has 1 unspecified atom stereocenters. The third-order valence-electron chi connectivity index (χ3n) is 5.37. The summed E-state index contributed by atoms with van der Waals surface area (Å²) in [4.78, 5) is 31.0. The number of hydrogen-bond donors (Lipinski definition) is 2. The summed E-state index contributed by atoms with van der Waals surface area (Å²) >= 11 is 0. The van der Waals surface area contributed by atoms with Crippen molar-refractivity contribution in [2.45, 2.75) is 51.5 Å². The van der Waals surface area contributed by atoms with Crippen molar-refractivity contribution in [1.82, 2.24) is 25.4 Å². The van der Waals surface area contributed by atoms with E-state index in [0.29, 0.717) is 13.1 Å². The molecule has 1 atom stereocenters. The van der Waals surface area contributed by atoms with E-state index in [1.54, 1.807) is 7.11 Å². The first kappa shape index (κ1) is 20.8. The van der Waals surface area contributed by atoms with Gasteiger partial charge in [0, 0.05) is 32.4 Å². The van der Waals surface area contributed by atoms with Gasteiger partial charge >= 0.3 is 0 Å². The highest BCUT2D eigenvalue weighted by Gasteiger charge is 2.28. The van der Waals surface area contributed by atoms with Crippen molar-refractivity contribution in [2.75, 3.05) is 20.2 Å². The fraction of sp³-hybridized carbons (Fsp3) is 0.524. The number of methoxy groups -OCH3 is 1. The molecule has 1 fully saturated rings. The minimum absolute atomic E-state index is 0.0438. The number of carbonyl (C=O) groups excluding carboxylic acids is 2. The molecule has 1 aromatic heterocycles. The molecule has 8 heteroatoms. The number of aryl methyl sites for hydroxylation is 1. The Bertz CT molecular complexity index is 825. The second-order valence-corrected chi connectivity index (χ2v) is 7.38. The number of benzene rings is 1. The van der Waals surface area contributed by atoms with Crippen molar-refractivity contribution >= 4 is 11.8 Å². The average molecular weight is 399 g/mol. The van der Waals surface area contributed by atoms with Crippen LogP contribution in [0.2, 0.25) is 0 Å². The van der Waals surface area contributed by atoms with E-state index in [-0.39, 0.29) is 30.2 Å². The number of aromatic nitrogens is 3. The van der Waals surface area contributed by atoms with Gasteiger partial charge in [-0.25, -0.2) is 4.98 Å². The summed E-state index contributed by atoms with van der Waals surface area (Å²) in [6.45, 7) is 4.86. The molecule has 29 heavy (non-hydrogen) atoms. The van der Waals surface area contributed by atoms with Gasteiger partial charge in [-0.3, -0.25) is 14.7 Å². The van der Waals surface area contributed by atoms with Gasteiger partial charge in [-0.1, -0.05) is 19.1 Å². The van der Waals surface area contributed by atoms with Crippen LogP contribution in [0.15, 0.2) is 24.3 Å². The van der Waals surface area contributed by atoms with Crippen LogP contribution < -0.4 is 10.1 Å². The van der Waals surface area contributed by atoms with Gasteiger partial charge < -0.3 is 15.0 Å². The van der Waals surface area contributed by atoms with Crippen LogP contribution in [0.1, 0.15) is 62.3 Å². The third kappa shape index (κ3) is 5.34. The van der Waals surface area contributed by atoms with Crippen molar-refractivity contribution in [3.8, 4) is 5.75 Å². The Hall–Kier alpha value is -2.90. The standard InChI is InChI=1S/C21H29N5O3/c1-4-19-23-21(25-24-19)16-9-11-26(12-10-16)20(28)13-18(22-14(2)27)15-5-7-17(29-3)8-6-15/h5-8,16,18H,4,9-13H2,1-3H3,(H,22,27)(H,23,24,25). The van der Waals surface area contributed by atoms with E-state index in [0.717, 1.165) is 42.2 Å². The Morgan fingerprint density at radius 1 is 1.28 bits per heavy atom. The third-order valence-corrected chi connectivity index (χ3v) is 5.37. The molecular formula is C21H29N5O3. The Morgan fingerprint density at radius 2 is 1.97 bits per heavy atom. The van der Waals surface area contributed by atoms with Crippen LogP contribution in [0.3, 0.4) is 0 Å². The number of nitrogens with zero attached hydrogens (tertiary/aromatic N) is 3. The van der Waals surface area contributed by atoms with Crippen LogP contribution in [0.25, 0.3) is 0 Å². The molecule has 2 aromatic rings. The number of rotatable bonds is 7. The summed E-state index contributed by atoms with van der Waals surface area (Å²) in [5.74, 6) is 2.65. The number of piperidine rings is 1. The Kier molecular flexibility index (Phi) is 6.85. The van der Waals surface area contributed by atoms with E-state index in [1.807, 2.05) is 36.1 Å². The highest BCUT2D eigenvalue weighted by molar-refractivity contribution is 5.79. The Morgan fingerprint density at radius 3 is 2.52 bits per heavy atom. The van der Waals surface area contributed by atoms with Gasteiger partial charge in [0.25, 0.3) is 0 Å². The monoisotopic (exact) mass is 399 g/mol. The topological polar surface area (TPSA) is 100 Å². The second-order valence-electron chi connectivity index (χ2n) is 7.38. The normalized spacial score (nSPS) is 15.8. The molecule has 2 amide bonds. The highest BCUT2D eigenvalue weighted by atomic mass is 16.5. The predicted molar refractivity (Wildman–Crippen MR) is 108 cm³/mol. The molecule has 0 bridgehead atoms. The number of ether oxygens (including phenoxy) is 1. The molecule has 3 rings (SSSR count). The van der Waals surface area contributed by atoms with E-state index in [4.69, 9.17) is 4.74 Å². The molecule has 2 N–H and O–H groups in total. The van der Waals surface area contributed by atoms with Crippen LogP contribution in [0.5, 0.6) is 5.75 Å². The van der Waals surface area contributed by atoms with Crippen molar-refractivity contribution in [2.24, 2.45) is 0 Å². The minimum atomic E-state index is -0.358. The SMILES string of the molecule is CCc1nc(C2CCN(C(=O)CC(NC(C)=O)c3ccc(OC)cc3)CC2)n[nH]1. The lowest BCUT2D eigenvalue weighted by atomic mass is 9.95. The van der Waals surface area contributed by atoms with E-state index in [9.17, 15) is 9.59 Å². The first-order chi connectivity index (χ1) is 14.0. The maximum Gasteiger partial charge on any atom is 0.224 e. The van der Waals surface area contributed by atoms with Crippen LogP contribution >= 0.6 is 0 Å². The van der Waals surface area contributed by atoms with Gasteiger partial charge in [-0.15, -0.1) is 0 Å². The number of H-pyrrole nitrogens is 1. The summed E-state index contributed by atoms with van der Waals surface area (Å²) < 4.78 is 5.19. The molecule has 1 saturated heterocycles. The highest BCUT2D eigenvalue weighted by Crippen LogP contribution is 2.27. The largest absolute Gasteiger partial charge is 0.497 e. The molecule has 8 nitrogen and oxygen atoms in total. The first-order valence-corrected chi connectivity index (χ1v) is 10.1. The number of amides is 2. The average Bonchev–Trinajstić information content (AvgIpc) is 3.22. The minimum Gasteiger partial charge on any atom is -0.497 e. The first-order valence-electron chi connectivity index (χ1n) is 10.1. The van der Waals surface area contributed by atoms with E-state index in [1.165, 1.54) is 6.92 Å². The van der Waals surface area contributed by atoms with Gasteiger partial charge in [-0.05, 0) is 30.5 Å². The molecule has 0 aliphatic carbocycles. The second kappa shape index (κ2) is 9.54. The predicted octanol–water partition coefficient (Wildman–Crippen LogP) is 2.35. The van der Waals surface area contributed by atoms with E-state index < -0.39 is 0 Å². The van der Waals surface area contributed by atoms with Crippen molar-refractivity contribution in [3.63, 3.8) is 0 Å². The zero-order chi connectivity index (χ0) is 20.8. The van der Waals surface area contributed by atoms with Gasteiger partial charge in [0.05, 0.1) is 19.6 Å². The van der Waals surface area contributed by atoms with Gasteiger partial charge in [0.1, 0.15) is 11.6 Å².